The van der Waals surface area contributed by atoms with Crippen LogP contribution in [0.15, 0.2) is 36.7 Å². The lowest BCUT2D eigenvalue weighted by atomic mass is 9.82. The summed E-state index contributed by atoms with van der Waals surface area (Å²) in [4.78, 5) is 60.8. The van der Waals surface area contributed by atoms with Crippen LogP contribution < -0.4 is 10.6 Å². The number of carbonyl (C=O) groups excluding carboxylic acids is 4. The molecule has 0 radical (unpaired) electrons. The molecule has 14 nitrogen and oxygen atoms in total. The van der Waals surface area contributed by atoms with Crippen LogP contribution in [0, 0.1) is 0 Å². The van der Waals surface area contributed by atoms with Gasteiger partial charge in [-0.1, -0.05) is 35.2 Å². The molecule has 5 rings (SSSR count). The fourth-order valence-corrected chi connectivity index (χ4v) is 6.92. The van der Waals surface area contributed by atoms with Crippen LogP contribution in [0.5, 0.6) is 0 Å². The molecule has 0 bridgehead atoms. The molecule has 0 aliphatic heterocycles. The second-order valence-corrected chi connectivity index (χ2v) is 13.8. The highest BCUT2D eigenvalue weighted by Crippen LogP contribution is 2.43. The van der Waals surface area contributed by atoms with Gasteiger partial charge in [-0.25, -0.2) is 0 Å². The van der Waals surface area contributed by atoms with Gasteiger partial charge in [0.2, 0.25) is 28.0 Å². The first-order valence-corrected chi connectivity index (χ1v) is 16.7. The lowest BCUT2D eigenvalue weighted by Crippen LogP contribution is -2.23. The Hall–Kier alpha value is -4.70. The topological polar surface area (TPSA) is 176 Å². The highest BCUT2D eigenvalue weighted by Gasteiger charge is 2.29. The second-order valence-electron chi connectivity index (χ2n) is 11.8. The van der Waals surface area contributed by atoms with Crippen molar-refractivity contribution in [3.05, 3.63) is 69.2 Å². The third-order valence-electron chi connectivity index (χ3n) is 7.65. The number of hydrogen-bond donors (Lipinski definition) is 2. The van der Waals surface area contributed by atoms with Crippen molar-refractivity contribution in [2.45, 2.75) is 56.8 Å². The van der Waals surface area contributed by atoms with Crippen molar-refractivity contribution in [2.75, 3.05) is 38.8 Å². The number of aromatic nitrogens is 6. The zero-order valence-electron chi connectivity index (χ0n) is 26.6. The van der Waals surface area contributed by atoms with Crippen molar-refractivity contribution in [1.82, 2.24) is 40.2 Å². The summed E-state index contributed by atoms with van der Waals surface area (Å²) >= 11 is 2.74. The number of carbonyl (C=O) groups is 4. The van der Waals surface area contributed by atoms with E-state index in [0.717, 1.165) is 41.3 Å². The summed E-state index contributed by atoms with van der Waals surface area (Å²) < 4.78 is 0. The first kappa shape index (κ1) is 33.7. The van der Waals surface area contributed by atoms with Gasteiger partial charge in [0, 0.05) is 63.8 Å². The fraction of sp³-hybridized carbons (Fsp3) is 0.419. The normalized spacial score (nSPS) is 15.9. The average Bonchev–Trinajstić information content (AvgIpc) is 3.72. The first-order chi connectivity index (χ1) is 22.5. The molecule has 4 amide bonds. The lowest BCUT2D eigenvalue weighted by molar-refractivity contribution is -0.128. The molecular weight excluding hydrogens is 641 g/mol. The number of nitrogens with zero attached hydrogens (tertiary/aromatic N) is 8. The van der Waals surface area contributed by atoms with E-state index in [1.165, 1.54) is 38.7 Å². The van der Waals surface area contributed by atoms with Crippen LogP contribution in [0.1, 0.15) is 74.8 Å². The Bertz CT molecular complexity index is 1720. The number of likely N-dealkylation sites (N-methyl/N-ethyl adjacent to an activating group) is 1. The maximum Gasteiger partial charge on any atom is 0.254 e. The first-order valence-electron chi connectivity index (χ1n) is 15.1. The molecular formula is C31H36N10O4S2. The summed E-state index contributed by atoms with van der Waals surface area (Å²) in [5, 5.41) is 25.4. The van der Waals surface area contributed by atoms with E-state index in [9.17, 15) is 19.2 Å². The molecule has 246 valence electrons. The van der Waals surface area contributed by atoms with Gasteiger partial charge >= 0.3 is 0 Å². The number of nitrogens with one attached hydrogen (secondary N) is 2. The van der Waals surface area contributed by atoms with E-state index in [-0.39, 0.29) is 54.7 Å². The maximum absolute atomic E-state index is 12.7. The molecule has 4 aromatic heterocycles. The van der Waals surface area contributed by atoms with E-state index in [4.69, 9.17) is 0 Å². The van der Waals surface area contributed by atoms with Crippen LogP contribution in [-0.2, 0) is 33.6 Å². The molecule has 0 saturated heterocycles. The van der Waals surface area contributed by atoms with Gasteiger partial charge in [0.1, 0.15) is 10.0 Å². The number of pyridine rings is 2. The summed E-state index contributed by atoms with van der Waals surface area (Å²) in [5.41, 5.74) is 2.39. The molecule has 0 unspecified atom stereocenters. The van der Waals surface area contributed by atoms with Gasteiger partial charge in [-0.05, 0) is 43.0 Å². The molecule has 0 aromatic carbocycles. The van der Waals surface area contributed by atoms with Crippen LogP contribution in [0.2, 0.25) is 0 Å². The van der Waals surface area contributed by atoms with Crippen LogP contribution in [-0.4, -0.2) is 92.0 Å². The van der Waals surface area contributed by atoms with Crippen molar-refractivity contribution >= 4 is 56.6 Å². The van der Waals surface area contributed by atoms with Gasteiger partial charge in [-0.15, -0.1) is 20.4 Å². The summed E-state index contributed by atoms with van der Waals surface area (Å²) in [5.74, 6) is -0.327. The van der Waals surface area contributed by atoms with E-state index in [0.29, 0.717) is 27.2 Å². The molecule has 16 heteroatoms. The number of rotatable bonds is 11. The predicted octanol–water partition coefficient (Wildman–Crippen LogP) is 3.32. The Labute approximate surface area is 280 Å². The van der Waals surface area contributed by atoms with E-state index >= 15 is 0 Å². The van der Waals surface area contributed by atoms with Gasteiger partial charge in [0.25, 0.3) is 5.91 Å². The number of hydrogen-bond acceptors (Lipinski definition) is 12. The third-order valence-corrected chi connectivity index (χ3v) is 9.65. The van der Waals surface area contributed by atoms with Crippen molar-refractivity contribution < 1.29 is 19.2 Å². The zero-order chi connectivity index (χ0) is 33.5. The lowest BCUT2D eigenvalue weighted by Gasteiger charge is -2.25. The summed E-state index contributed by atoms with van der Waals surface area (Å²) in [6, 6.07) is 6.89. The minimum Gasteiger partial charge on any atom is -0.349 e. The van der Waals surface area contributed by atoms with Gasteiger partial charge < -0.3 is 20.4 Å². The molecule has 4 heterocycles. The van der Waals surface area contributed by atoms with Crippen molar-refractivity contribution in [3.63, 3.8) is 0 Å². The minimum absolute atomic E-state index is 0.0148. The highest BCUT2D eigenvalue weighted by molar-refractivity contribution is 7.15. The van der Waals surface area contributed by atoms with Gasteiger partial charge in [0.05, 0.1) is 24.8 Å². The largest absolute Gasteiger partial charge is 0.349 e. The average molecular weight is 677 g/mol. The summed E-state index contributed by atoms with van der Waals surface area (Å²) in [6.07, 6.45) is 7.20. The smallest absolute Gasteiger partial charge is 0.254 e. The number of amides is 4. The van der Waals surface area contributed by atoms with Crippen molar-refractivity contribution in [3.8, 4) is 0 Å². The predicted molar refractivity (Wildman–Crippen MR) is 177 cm³/mol. The summed E-state index contributed by atoms with van der Waals surface area (Å²) in [7, 11) is 6.75. The minimum atomic E-state index is -0.263. The number of anilines is 2. The standard InChI is InChI=1S/C31H36N10O4S2/c1-40(2)26(44)12-18-8-10-22(32-16-18)14-24(42)34-30-38-36-27(46-30)19-6-5-7-20(13-19)28-37-39-31(47-28)35-25(43)15-23-11-9-21(17-33-23)29(45)41(3)4/h8-11,16-17,19-20H,5-7,12-15H2,1-4H3,(H,34,38,42)(H,35,39,43)/t19-,20-/m0/s1. The van der Waals surface area contributed by atoms with Crippen LogP contribution in [0.25, 0.3) is 0 Å². The molecule has 1 aliphatic rings. The Kier molecular flexibility index (Phi) is 10.9. The molecule has 1 fully saturated rings. The fourth-order valence-electron chi connectivity index (χ4n) is 5.11. The molecule has 4 aromatic rings. The molecule has 47 heavy (non-hydrogen) atoms. The SMILES string of the molecule is CN(C)C(=O)Cc1ccc(CC(=O)Nc2nnc([C@H]3CCC[C@H](c4nnc(NC(=O)Cc5ccc(C(=O)N(C)C)cn5)s4)C3)s2)nc1. The Morgan fingerprint density at radius 3 is 1.74 bits per heavy atom. The molecule has 1 aliphatic carbocycles. The van der Waals surface area contributed by atoms with Crippen molar-refractivity contribution in [2.24, 2.45) is 0 Å². The van der Waals surface area contributed by atoms with E-state index in [1.54, 1.807) is 52.6 Å². The second kappa shape index (κ2) is 15.3. The van der Waals surface area contributed by atoms with Gasteiger partial charge in [-0.2, -0.15) is 0 Å². The Balaban J connectivity index is 1.10. The zero-order valence-corrected chi connectivity index (χ0v) is 28.2. The molecule has 1 saturated carbocycles. The van der Waals surface area contributed by atoms with Crippen LogP contribution >= 0.6 is 22.7 Å². The molecule has 2 atom stereocenters. The van der Waals surface area contributed by atoms with E-state index in [1.807, 2.05) is 6.07 Å². The highest BCUT2D eigenvalue weighted by atomic mass is 32.1. The molecule has 2 N–H and O–H groups in total. The van der Waals surface area contributed by atoms with Crippen molar-refractivity contribution in [1.29, 1.82) is 0 Å². The Morgan fingerprint density at radius 1 is 0.723 bits per heavy atom. The van der Waals surface area contributed by atoms with E-state index in [2.05, 4.69) is 41.0 Å². The summed E-state index contributed by atoms with van der Waals surface area (Å²) in [6.45, 7) is 0. The maximum atomic E-state index is 12.7. The quantitative estimate of drug-likeness (QED) is 0.240. The van der Waals surface area contributed by atoms with Gasteiger partial charge in [0.15, 0.2) is 0 Å². The van der Waals surface area contributed by atoms with E-state index < -0.39 is 0 Å². The molecule has 0 spiro atoms. The van der Waals surface area contributed by atoms with Gasteiger partial charge in [-0.3, -0.25) is 29.1 Å². The van der Waals surface area contributed by atoms with Crippen LogP contribution in [0.3, 0.4) is 0 Å². The monoisotopic (exact) mass is 676 g/mol. The third kappa shape index (κ3) is 9.19. The Morgan fingerprint density at radius 2 is 1.28 bits per heavy atom. The van der Waals surface area contributed by atoms with Crippen LogP contribution in [0.4, 0.5) is 10.3 Å².